The number of nitrogens with zero attached hydrogens (tertiary/aromatic N) is 1. The number of thioether (sulfide) groups is 1. The van der Waals surface area contributed by atoms with E-state index in [2.05, 4.69) is 5.32 Å². The van der Waals surface area contributed by atoms with E-state index >= 15 is 0 Å². The lowest BCUT2D eigenvalue weighted by Gasteiger charge is -2.30. The molecule has 7 heteroatoms. The van der Waals surface area contributed by atoms with Crippen LogP contribution in [0.25, 0.3) is 0 Å². The van der Waals surface area contributed by atoms with Crippen molar-refractivity contribution in [2.24, 2.45) is 0 Å². The maximum absolute atomic E-state index is 13.1. The lowest BCUT2D eigenvalue weighted by Crippen LogP contribution is -2.49. The first-order valence-corrected chi connectivity index (χ1v) is 11.3. The highest BCUT2D eigenvalue weighted by molar-refractivity contribution is 8.00. The number of hydrogen-bond acceptors (Lipinski definition) is 3. The Bertz CT molecular complexity index is 843. The molecular weight excluding hydrogens is 427 g/mol. The Morgan fingerprint density at radius 2 is 1.76 bits per heavy atom. The summed E-state index contributed by atoms with van der Waals surface area (Å²) in [6.45, 7) is 6.60. The number of carbonyl (C=O) groups excluding carboxylic acids is 2. The largest absolute Gasteiger partial charge is 0.355 e. The van der Waals surface area contributed by atoms with Gasteiger partial charge < -0.3 is 10.2 Å². The zero-order valence-corrected chi connectivity index (χ0v) is 19.2. The second-order valence-corrected chi connectivity index (χ2v) is 8.55. The van der Waals surface area contributed by atoms with Crippen molar-refractivity contribution < 1.29 is 9.59 Å². The molecule has 0 fully saturated rings. The lowest BCUT2D eigenvalue weighted by molar-refractivity contribution is -0.139. The summed E-state index contributed by atoms with van der Waals surface area (Å²) in [6, 6.07) is 12.8. The third-order valence-electron chi connectivity index (χ3n) is 4.46. The summed E-state index contributed by atoms with van der Waals surface area (Å²) in [5, 5.41) is 3.72. The van der Waals surface area contributed by atoms with Crippen LogP contribution in [0.15, 0.2) is 47.4 Å². The van der Waals surface area contributed by atoms with Gasteiger partial charge in [-0.25, -0.2) is 0 Å². The predicted octanol–water partition coefficient (Wildman–Crippen LogP) is 5.34. The number of hydrogen-bond donors (Lipinski definition) is 1. The molecule has 0 radical (unpaired) electrons. The van der Waals surface area contributed by atoms with Crippen LogP contribution in [-0.2, 0) is 16.1 Å². The van der Waals surface area contributed by atoms with Gasteiger partial charge in [0.25, 0.3) is 0 Å². The standard InChI is InChI=1S/C22H26Cl2N2O2S/c1-4-20(22(28)25-5-2)26(13-16-8-11-18(23)19(24)12-16)21(27)14-29-17-9-6-15(3)7-10-17/h6-12,20H,4-5,13-14H2,1-3H3,(H,25,28)/t20-/m1/s1. The van der Waals surface area contributed by atoms with Gasteiger partial charge in [-0.3, -0.25) is 9.59 Å². The van der Waals surface area contributed by atoms with E-state index in [-0.39, 0.29) is 17.6 Å². The summed E-state index contributed by atoms with van der Waals surface area (Å²) in [6.07, 6.45) is 0.522. The van der Waals surface area contributed by atoms with E-state index in [1.165, 1.54) is 17.3 Å². The van der Waals surface area contributed by atoms with E-state index < -0.39 is 6.04 Å². The van der Waals surface area contributed by atoms with Gasteiger partial charge in [0.15, 0.2) is 0 Å². The molecule has 1 N–H and O–H groups in total. The molecule has 0 aliphatic rings. The van der Waals surface area contributed by atoms with Crippen molar-refractivity contribution in [1.29, 1.82) is 0 Å². The second-order valence-electron chi connectivity index (χ2n) is 6.69. The Morgan fingerprint density at radius 1 is 1.07 bits per heavy atom. The van der Waals surface area contributed by atoms with Gasteiger partial charge in [0, 0.05) is 18.0 Å². The minimum atomic E-state index is -0.546. The van der Waals surface area contributed by atoms with Crippen LogP contribution in [0, 0.1) is 6.92 Å². The van der Waals surface area contributed by atoms with Gasteiger partial charge in [-0.05, 0) is 50.1 Å². The van der Waals surface area contributed by atoms with Crippen molar-refractivity contribution in [2.75, 3.05) is 12.3 Å². The average Bonchev–Trinajstić information content (AvgIpc) is 2.70. The van der Waals surface area contributed by atoms with Gasteiger partial charge in [-0.1, -0.05) is 53.9 Å². The van der Waals surface area contributed by atoms with Crippen LogP contribution in [0.2, 0.25) is 10.0 Å². The summed E-state index contributed by atoms with van der Waals surface area (Å²) >= 11 is 13.6. The summed E-state index contributed by atoms with van der Waals surface area (Å²) < 4.78 is 0. The summed E-state index contributed by atoms with van der Waals surface area (Å²) in [5.41, 5.74) is 2.00. The maximum Gasteiger partial charge on any atom is 0.242 e. The van der Waals surface area contributed by atoms with Crippen molar-refractivity contribution in [3.63, 3.8) is 0 Å². The molecule has 0 aromatic heterocycles. The van der Waals surface area contributed by atoms with E-state index in [4.69, 9.17) is 23.2 Å². The topological polar surface area (TPSA) is 49.4 Å². The molecule has 0 unspecified atom stereocenters. The summed E-state index contributed by atoms with van der Waals surface area (Å²) in [4.78, 5) is 28.3. The van der Waals surface area contributed by atoms with Gasteiger partial charge >= 0.3 is 0 Å². The Morgan fingerprint density at radius 3 is 2.34 bits per heavy atom. The van der Waals surface area contributed by atoms with Gasteiger partial charge in [0.05, 0.1) is 15.8 Å². The first-order chi connectivity index (χ1) is 13.8. The number of halogens is 2. The SMILES string of the molecule is CCNC(=O)[C@@H](CC)N(Cc1ccc(Cl)c(Cl)c1)C(=O)CSc1ccc(C)cc1. The van der Waals surface area contributed by atoms with E-state index in [1.807, 2.05) is 51.1 Å². The van der Waals surface area contributed by atoms with E-state index in [0.717, 1.165) is 10.5 Å². The molecule has 1 atom stereocenters. The second kappa shape index (κ2) is 11.5. The molecule has 2 aromatic rings. The summed E-state index contributed by atoms with van der Waals surface area (Å²) in [7, 11) is 0. The van der Waals surface area contributed by atoms with Crippen LogP contribution >= 0.6 is 35.0 Å². The Hall–Kier alpha value is -1.69. The fourth-order valence-electron chi connectivity index (χ4n) is 2.91. The van der Waals surface area contributed by atoms with Crippen molar-refractivity contribution in [2.45, 2.75) is 44.7 Å². The highest BCUT2D eigenvalue weighted by Gasteiger charge is 2.28. The maximum atomic E-state index is 13.1. The number of carbonyl (C=O) groups is 2. The zero-order chi connectivity index (χ0) is 21.4. The number of aryl methyl sites for hydroxylation is 1. The number of amides is 2. The predicted molar refractivity (Wildman–Crippen MR) is 122 cm³/mol. The molecule has 2 aromatic carbocycles. The third-order valence-corrected chi connectivity index (χ3v) is 6.19. The number of rotatable bonds is 9. The van der Waals surface area contributed by atoms with Crippen LogP contribution in [0.4, 0.5) is 0 Å². The average molecular weight is 453 g/mol. The minimum absolute atomic E-state index is 0.0975. The highest BCUT2D eigenvalue weighted by atomic mass is 35.5. The normalized spacial score (nSPS) is 11.8. The molecule has 156 valence electrons. The monoisotopic (exact) mass is 452 g/mol. The van der Waals surface area contributed by atoms with Crippen LogP contribution in [0.1, 0.15) is 31.4 Å². The van der Waals surface area contributed by atoms with Crippen molar-refractivity contribution in [1.82, 2.24) is 10.2 Å². The van der Waals surface area contributed by atoms with Crippen molar-refractivity contribution >= 4 is 46.8 Å². The van der Waals surface area contributed by atoms with Crippen LogP contribution < -0.4 is 5.32 Å². The molecule has 0 spiro atoms. The van der Waals surface area contributed by atoms with Gasteiger partial charge in [0.1, 0.15) is 6.04 Å². The first kappa shape index (κ1) is 23.6. The number of benzene rings is 2. The van der Waals surface area contributed by atoms with Crippen molar-refractivity contribution in [3.05, 3.63) is 63.6 Å². The molecule has 4 nitrogen and oxygen atoms in total. The Labute approximate surface area is 187 Å². The van der Waals surface area contributed by atoms with Crippen LogP contribution in [0.3, 0.4) is 0 Å². The molecule has 0 saturated carbocycles. The molecule has 0 aliphatic carbocycles. The molecule has 0 bridgehead atoms. The van der Waals surface area contributed by atoms with Gasteiger partial charge in [0.2, 0.25) is 11.8 Å². The highest BCUT2D eigenvalue weighted by Crippen LogP contribution is 2.25. The number of nitrogens with one attached hydrogen (secondary N) is 1. The minimum Gasteiger partial charge on any atom is -0.355 e. The quantitative estimate of drug-likeness (QED) is 0.522. The van der Waals surface area contributed by atoms with Gasteiger partial charge in [-0.2, -0.15) is 0 Å². The first-order valence-electron chi connectivity index (χ1n) is 9.56. The van der Waals surface area contributed by atoms with E-state index in [1.54, 1.807) is 17.0 Å². The molecular formula is C22H26Cl2N2O2S. The molecule has 0 aliphatic heterocycles. The van der Waals surface area contributed by atoms with E-state index in [0.29, 0.717) is 29.6 Å². The van der Waals surface area contributed by atoms with Crippen molar-refractivity contribution in [3.8, 4) is 0 Å². The third kappa shape index (κ3) is 6.95. The fourth-order valence-corrected chi connectivity index (χ4v) is 4.01. The molecule has 0 saturated heterocycles. The van der Waals surface area contributed by atoms with Gasteiger partial charge in [-0.15, -0.1) is 11.8 Å². The lowest BCUT2D eigenvalue weighted by atomic mass is 10.1. The van der Waals surface area contributed by atoms with Crippen LogP contribution in [0.5, 0.6) is 0 Å². The summed E-state index contributed by atoms with van der Waals surface area (Å²) in [5.74, 6) is 0.00352. The fraction of sp³-hybridized carbons (Fsp3) is 0.364. The molecule has 2 amide bonds. The smallest absolute Gasteiger partial charge is 0.242 e. The molecule has 2 rings (SSSR count). The molecule has 0 heterocycles. The zero-order valence-electron chi connectivity index (χ0n) is 16.9. The number of likely N-dealkylation sites (N-methyl/N-ethyl adjacent to an activating group) is 1. The Kier molecular flexibility index (Phi) is 9.34. The van der Waals surface area contributed by atoms with Crippen LogP contribution in [-0.4, -0.2) is 35.1 Å². The molecule has 29 heavy (non-hydrogen) atoms. The van der Waals surface area contributed by atoms with E-state index in [9.17, 15) is 9.59 Å². The Balaban J connectivity index is 2.21.